The Balaban J connectivity index is 1.59. The van der Waals surface area contributed by atoms with Gasteiger partial charge in [-0.1, -0.05) is 36.4 Å². The second-order valence-corrected chi connectivity index (χ2v) is 6.56. The molecule has 1 aromatic heterocycles. The zero-order chi connectivity index (χ0) is 21.7. The number of rotatable bonds is 7. The number of nitrogens with one attached hydrogen (secondary N) is 2. The molecule has 0 spiro atoms. The number of carbonyl (C=O) groups excluding carboxylic acids is 1. The number of carbonyl (C=O) groups is 1. The van der Waals surface area contributed by atoms with Crippen LogP contribution >= 0.6 is 0 Å². The molecule has 0 unspecified atom stereocenters. The Labute approximate surface area is 168 Å². The molecule has 7 nitrogen and oxygen atoms in total. The Kier molecular flexibility index (Phi) is 6.36. The number of nitrogens with zero attached hydrogens (tertiary/aromatic N) is 1. The van der Waals surface area contributed by atoms with Crippen LogP contribution in [-0.2, 0) is 29.2 Å². The monoisotopic (exact) mass is 421 g/mol. The van der Waals surface area contributed by atoms with Crippen molar-refractivity contribution in [2.24, 2.45) is 0 Å². The molecule has 0 saturated heterocycles. The molecular weight excluding hydrogens is 403 g/mol. The number of para-hydroxylation sites is 1. The van der Waals surface area contributed by atoms with Crippen molar-refractivity contribution in [1.29, 1.82) is 0 Å². The van der Waals surface area contributed by atoms with Gasteiger partial charge in [-0.05, 0) is 23.3 Å². The highest BCUT2D eigenvalue weighted by Gasteiger charge is 2.27. The Morgan fingerprint density at radius 2 is 1.70 bits per heavy atom. The van der Waals surface area contributed by atoms with Gasteiger partial charge in [0.15, 0.2) is 0 Å². The number of benzene rings is 2. The molecule has 0 fully saturated rings. The lowest BCUT2D eigenvalue weighted by molar-refractivity contribution is -0.176. The molecule has 0 bridgehead atoms. The van der Waals surface area contributed by atoms with Crippen LogP contribution in [0.25, 0.3) is 10.9 Å². The third-order valence-corrected chi connectivity index (χ3v) is 4.25. The van der Waals surface area contributed by atoms with Crippen LogP contribution in [0, 0.1) is 0 Å². The van der Waals surface area contributed by atoms with Gasteiger partial charge in [-0.25, -0.2) is 4.79 Å². The standard InChI is InChI=1S/C20H18F3N3O4/c21-20(22,23)12-30-11-14-7-5-13(6-8-14)9-24-17(27)10-26-16-4-2-1-3-15(16)18(28)25-19(26)29/h1-8H,9-12H2,(H,24,27)(H,25,28,29). The predicted octanol–water partition coefficient (Wildman–Crippen LogP) is 2.09. The van der Waals surface area contributed by atoms with Gasteiger partial charge in [-0.3, -0.25) is 19.1 Å². The summed E-state index contributed by atoms with van der Waals surface area (Å²) in [5.41, 5.74) is 0.440. The van der Waals surface area contributed by atoms with Gasteiger partial charge in [0.1, 0.15) is 13.2 Å². The third kappa shape index (κ3) is 5.57. The van der Waals surface area contributed by atoms with E-state index in [2.05, 4.69) is 15.0 Å². The fourth-order valence-electron chi connectivity index (χ4n) is 2.84. The van der Waals surface area contributed by atoms with E-state index in [-0.39, 0.29) is 19.7 Å². The average molecular weight is 421 g/mol. The van der Waals surface area contributed by atoms with E-state index in [1.54, 1.807) is 48.5 Å². The molecule has 0 radical (unpaired) electrons. The van der Waals surface area contributed by atoms with Crippen LogP contribution in [-0.4, -0.2) is 28.2 Å². The maximum absolute atomic E-state index is 12.3. The summed E-state index contributed by atoms with van der Waals surface area (Å²) >= 11 is 0. The third-order valence-electron chi connectivity index (χ3n) is 4.25. The molecule has 2 N–H and O–H groups in total. The fraction of sp³-hybridized carbons (Fsp3) is 0.250. The molecule has 0 aliphatic heterocycles. The second-order valence-electron chi connectivity index (χ2n) is 6.56. The van der Waals surface area contributed by atoms with Gasteiger partial charge in [-0.2, -0.15) is 13.2 Å². The first-order valence-electron chi connectivity index (χ1n) is 8.94. The van der Waals surface area contributed by atoms with E-state index in [1.165, 1.54) is 4.57 Å². The smallest absolute Gasteiger partial charge is 0.367 e. The summed E-state index contributed by atoms with van der Waals surface area (Å²) < 4.78 is 42.0. The second kappa shape index (κ2) is 8.95. The molecule has 0 aliphatic carbocycles. The zero-order valence-corrected chi connectivity index (χ0v) is 15.7. The first-order chi connectivity index (χ1) is 14.2. The van der Waals surface area contributed by atoms with Gasteiger partial charge in [0.25, 0.3) is 5.56 Å². The normalized spacial score (nSPS) is 11.6. The number of hydrogen-bond acceptors (Lipinski definition) is 4. The molecule has 1 heterocycles. The van der Waals surface area contributed by atoms with Crippen LogP contribution in [0.4, 0.5) is 13.2 Å². The molecule has 3 rings (SSSR count). The molecule has 0 atom stereocenters. The minimum absolute atomic E-state index is 0.165. The van der Waals surface area contributed by atoms with Crippen LogP contribution in [0.3, 0.4) is 0 Å². The van der Waals surface area contributed by atoms with Crippen molar-refractivity contribution in [1.82, 2.24) is 14.9 Å². The van der Waals surface area contributed by atoms with Crippen molar-refractivity contribution in [3.63, 3.8) is 0 Å². The van der Waals surface area contributed by atoms with E-state index in [0.29, 0.717) is 16.5 Å². The Morgan fingerprint density at radius 3 is 2.40 bits per heavy atom. The quantitative estimate of drug-likeness (QED) is 0.611. The van der Waals surface area contributed by atoms with Crippen LogP contribution < -0.4 is 16.6 Å². The van der Waals surface area contributed by atoms with Crippen LogP contribution in [0.5, 0.6) is 0 Å². The minimum Gasteiger partial charge on any atom is -0.367 e. The minimum atomic E-state index is -4.37. The lowest BCUT2D eigenvalue weighted by atomic mass is 10.1. The maximum Gasteiger partial charge on any atom is 0.411 e. The highest BCUT2D eigenvalue weighted by Crippen LogP contribution is 2.16. The van der Waals surface area contributed by atoms with Gasteiger partial charge in [-0.15, -0.1) is 0 Å². The molecule has 30 heavy (non-hydrogen) atoms. The number of amides is 1. The Morgan fingerprint density at radius 1 is 1.03 bits per heavy atom. The fourth-order valence-corrected chi connectivity index (χ4v) is 2.84. The summed E-state index contributed by atoms with van der Waals surface area (Å²) in [4.78, 5) is 38.4. The lowest BCUT2D eigenvalue weighted by Crippen LogP contribution is -2.36. The Hall–Kier alpha value is -3.40. The summed E-state index contributed by atoms with van der Waals surface area (Å²) in [6.45, 7) is -1.60. The molecule has 3 aromatic rings. The first kappa shape index (κ1) is 21.3. The van der Waals surface area contributed by atoms with E-state index in [4.69, 9.17) is 0 Å². The van der Waals surface area contributed by atoms with Crippen molar-refractivity contribution in [2.75, 3.05) is 6.61 Å². The first-order valence-corrected chi connectivity index (χ1v) is 8.94. The van der Waals surface area contributed by atoms with Crippen molar-refractivity contribution in [2.45, 2.75) is 25.9 Å². The maximum atomic E-state index is 12.3. The number of H-pyrrole nitrogens is 1. The van der Waals surface area contributed by atoms with Crippen molar-refractivity contribution < 1.29 is 22.7 Å². The predicted molar refractivity (Wildman–Crippen MR) is 103 cm³/mol. The molecule has 0 saturated carbocycles. The molecule has 1 amide bonds. The van der Waals surface area contributed by atoms with E-state index < -0.39 is 29.9 Å². The molecule has 158 valence electrons. The number of hydrogen-bond donors (Lipinski definition) is 2. The summed E-state index contributed by atoms with van der Waals surface area (Å²) in [5, 5.41) is 2.97. The van der Waals surface area contributed by atoms with Gasteiger partial charge in [0.05, 0.1) is 17.5 Å². The average Bonchev–Trinajstić information content (AvgIpc) is 2.69. The number of aromatic nitrogens is 2. The molecular formula is C20H18F3N3O4. The zero-order valence-electron chi connectivity index (χ0n) is 15.7. The molecule has 0 aliphatic rings. The van der Waals surface area contributed by atoms with E-state index in [9.17, 15) is 27.6 Å². The summed E-state index contributed by atoms with van der Waals surface area (Å²) in [7, 11) is 0. The topological polar surface area (TPSA) is 93.2 Å². The van der Waals surface area contributed by atoms with Crippen LogP contribution in [0.2, 0.25) is 0 Å². The van der Waals surface area contributed by atoms with Crippen LogP contribution in [0.15, 0.2) is 58.1 Å². The summed E-state index contributed by atoms with van der Waals surface area (Å²) in [6.07, 6.45) is -4.37. The van der Waals surface area contributed by atoms with Crippen molar-refractivity contribution in [3.8, 4) is 0 Å². The molecule has 2 aromatic carbocycles. The summed E-state index contributed by atoms with van der Waals surface area (Å²) in [6, 6.07) is 13.0. The van der Waals surface area contributed by atoms with E-state index in [1.807, 2.05) is 0 Å². The number of halogens is 3. The molecule has 10 heteroatoms. The Bertz CT molecular complexity index is 1150. The summed E-state index contributed by atoms with van der Waals surface area (Å²) in [5.74, 6) is -0.438. The highest BCUT2D eigenvalue weighted by atomic mass is 19.4. The van der Waals surface area contributed by atoms with Crippen molar-refractivity contribution >= 4 is 16.8 Å². The number of aromatic amines is 1. The van der Waals surface area contributed by atoms with E-state index >= 15 is 0 Å². The number of ether oxygens (including phenoxy) is 1. The van der Waals surface area contributed by atoms with Crippen LogP contribution in [0.1, 0.15) is 11.1 Å². The largest absolute Gasteiger partial charge is 0.411 e. The van der Waals surface area contributed by atoms with E-state index in [0.717, 1.165) is 5.56 Å². The number of fused-ring (bicyclic) bond motifs is 1. The lowest BCUT2D eigenvalue weighted by Gasteiger charge is -2.11. The van der Waals surface area contributed by atoms with Gasteiger partial charge < -0.3 is 10.1 Å². The SMILES string of the molecule is O=C(Cn1c(=O)[nH]c(=O)c2ccccc21)NCc1ccc(COCC(F)(F)F)cc1. The number of alkyl halides is 3. The van der Waals surface area contributed by atoms with Crippen molar-refractivity contribution in [3.05, 3.63) is 80.5 Å². The van der Waals surface area contributed by atoms with Gasteiger partial charge >= 0.3 is 11.9 Å². The van der Waals surface area contributed by atoms with Gasteiger partial charge in [0, 0.05) is 6.54 Å². The highest BCUT2D eigenvalue weighted by molar-refractivity contribution is 5.81. The van der Waals surface area contributed by atoms with Gasteiger partial charge in [0.2, 0.25) is 5.91 Å².